The Kier molecular flexibility index (Phi) is 14.5. The summed E-state index contributed by atoms with van der Waals surface area (Å²) in [5.41, 5.74) is 14.4. The van der Waals surface area contributed by atoms with Crippen molar-refractivity contribution in [3.05, 3.63) is 254 Å². The van der Waals surface area contributed by atoms with Gasteiger partial charge in [0.05, 0.1) is 22.4 Å². The summed E-state index contributed by atoms with van der Waals surface area (Å²) in [6.45, 7) is 9.15. The number of hydrogen-bond acceptors (Lipinski definition) is 4. The van der Waals surface area contributed by atoms with Crippen LogP contribution in [0, 0.1) is 24.0 Å². The molecule has 0 N–H and O–H groups in total. The molecule has 13 rings (SSSR count). The molecular formula is C67H50FIrN4O. The van der Waals surface area contributed by atoms with Crippen LogP contribution in [0.25, 0.3) is 105 Å². The van der Waals surface area contributed by atoms with Gasteiger partial charge in [-0.3, -0.25) is 9.37 Å². The van der Waals surface area contributed by atoms with Gasteiger partial charge < -0.3 is 19.0 Å². The zero-order valence-corrected chi connectivity index (χ0v) is 43.7. The summed E-state index contributed by atoms with van der Waals surface area (Å²) in [5, 5.41) is 7.02. The van der Waals surface area contributed by atoms with E-state index in [4.69, 9.17) is 9.40 Å². The molecule has 0 spiro atoms. The first-order valence-corrected chi connectivity index (χ1v) is 24.7. The number of imidazole rings is 1. The van der Waals surface area contributed by atoms with E-state index in [0.717, 1.165) is 66.9 Å². The molecule has 0 aliphatic rings. The fourth-order valence-corrected chi connectivity index (χ4v) is 9.61. The zero-order valence-electron chi connectivity index (χ0n) is 41.3. The molecule has 0 amide bonds. The number of rotatable bonds is 7. The molecule has 5 nitrogen and oxygen atoms in total. The van der Waals surface area contributed by atoms with Crippen LogP contribution in [-0.4, -0.2) is 19.5 Å². The summed E-state index contributed by atoms with van der Waals surface area (Å²) >= 11 is 0. The van der Waals surface area contributed by atoms with E-state index in [0.29, 0.717) is 0 Å². The molecule has 4 heterocycles. The first-order valence-electron chi connectivity index (χ1n) is 24.7. The molecule has 4 aromatic heterocycles. The van der Waals surface area contributed by atoms with Crippen LogP contribution in [0.4, 0.5) is 4.39 Å². The van der Waals surface area contributed by atoms with E-state index in [9.17, 15) is 4.39 Å². The number of pyridine rings is 2. The third-order valence-corrected chi connectivity index (χ3v) is 13.2. The number of benzene rings is 9. The van der Waals surface area contributed by atoms with E-state index in [1.807, 2.05) is 66.7 Å². The van der Waals surface area contributed by atoms with Gasteiger partial charge in [-0.05, 0) is 116 Å². The van der Waals surface area contributed by atoms with Crippen molar-refractivity contribution < 1.29 is 28.9 Å². The van der Waals surface area contributed by atoms with E-state index < -0.39 is 0 Å². The summed E-state index contributed by atoms with van der Waals surface area (Å²) in [6, 6.07) is 78.7. The maximum Gasteiger partial charge on any atom is 3.00 e. The van der Waals surface area contributed by atoms with Crippen molar-refractivity contribution >= 4 is 54.5 Å². The van der Waals surface area contributed by atoms with Crippen molar-refractivity contribution in [3.63, 3.8) is 0 Å². The summed E-state index contributed by atoms with van der Waals surface area (Å²) in [7, 11) is 0. The van der Waals surface area contributed by atoms with E-state index in [2.05, 4.69) is 182 Å². The second-order valence-corrected chi connectivity index (χ2v) is 18.6. The minimum Gasteiger partial charge on any atom is -0.501 e. The topological polar surface area (TPSA) is 56.7 Å². The van der Waals surface area contributed by atoms with Crippen molar-refractivity contribution in [1.29, 1.82) is 0 Å². The van der Waals surface area contributed by atoms with Gasteiger partial charge in [0.25, 0.3) is 0 Å². The largest absolute Gasteiger partial charge is 3.00 e. The maximum absolute atomic E-state index is 12.6. The number of fused-ring (bicyclic) bond motifs is 7. The van der Waals surface area contributed by atoms with Gasteiger partial charge in [-0.15, -0.1) is 83.9 Å². The smallest absolute Gasteiger partial charge is 0.501 e. The Labute approximate surface area is 444 Å². The van der Waals surface area contributed by atoms with E-state index in [1.165, 1.54) is 61.6 Å². The standard InChI is InChI=1S/C45H35N2O.C11H7FN.C11H8N.Ir/c1-27(2)36-24-32(29-13-6-5-7-14-29)25-37(28(3)4)43(36)47-41-20-11-10-19-40(41)46-45(47)35-18-12-17-34-39-23-31-22-21-30-15-8-9-16-33(30)38(31)26-42(39)48-44(34)35;12-10-6-4-9(5-7-10)11-3-1-2-8-13-11;1-2-6-10(7-3-1)11-8-4-5-9-12-11;/h5-17,19-28H,1-4H3;1-4,6-8H;1-6,8-9H;/q3*-1;+3. The predicted octanol–water partition coefficient (Wildman–Crippen LogP) is 17.8. The Morgan fingerprint density at radius 3 is 1.85 bits per heavy atom. The van der Waals surface area contributed by atoms with E-state index >= 15 is 0 Å². The van der Waals surface area contributed by atoms with Crippen LogP contribution < -0.4 is 0 Å². The molecule has 0 unspecified atom stereocenters. The van der Waals surface area contributed by atoms with E-state index in [-0.39, 0.29) is 37.8 Å². The molecule has 9 aromatic carbocycles. The first-order chi connectivity index (χ1) is 35.8. The van der Waals surface area contributed by atoms with Gasteiger partial charge in [0, 0.05) is 29.3 Å². The second kappa shape index (κ2) is 21.8. The van der Waals surface area contributed by atoms with Crippen LogP contribution in [0.5, 0.6) is 0 Å². The van der Waals surface area contributed by atoms with Crippen molar-refractivity contribution in [3.8, 4) is 50.7 Å². The molecule has 360 valence electrons. The van der Waals surface area contributed by atoms with E-state index in [1.54, 1.807) is 18.5 Å². The van der Waals surface area contributed by atoms with Crippen LogP contribution in [0.15, 0.2) is 223 Å². The van der Waals surface area contributed by atoms with Gasteiger partial charge in [-0.1, -0.05) is 142 Å². The average Bonchev–Trinajstić information content (AvgIpc) is 4.03. The molecule has 0 atom stereocenters. The summed E-state index contributed by atoms with van der Waals surface area (Å²) in [4.78, 5) is 13.7. The first kappa shape index (κ1) is 49.2. The Morgan fingerprint density at radius 1 is 0.514 bits per heavy atom. The number of nitrogens with zero attached hydrogens (tertiary/aromatic N) is 4. The van der Waals surface area contributed by atoms with Crippen LogP contribution in [0.1, 0.15) is 50.7 Å². The minimum atomic E-state index is -0.278. The van der Waals surface area contributed by atoms with Crippen molar-refractivity contribution in [2.24, 2.45) is 0 Å². The molecule has 74 heavy (non-hydrogen) atoms. The third-order valence-electron chi connectivity index (χ3n) is 13.2. The Balaban J connectivity index is 0.000000196. The van der Waals surface area contributed by atoms with Gasteiger partial charge in [0.15, 0.2) is 0 Å². The van der Waals surface area contributed by atoms with Crippen molar-refractivity contribution in [1.82, 2.24) is 19.5 Å². The fourth-order valence-electron chi connectivity index (χ4n) is 9.61. The number of aromatic nitrogens is 4. The van der Waals surface area contributed by atoms with Gasteiger partial charge >= 0.3 is 20.1 Å². The monoisotopic (exact) mass is 1140 g/mol. The molecule has 0 fully saturated rings. The van der Waals surface area contributed by atoms with Gasteiger partial charge in [0.2, 0.25) is 0 Å². The SMILES string of the molecule is CC(C)c1cc(-c2ccccc2)cc(C(C)C)c1-n1c(-c2[c-]ccc3c2oc2cc4c(ccc5ccccc54)cc23)nc2ccccc21.Fc1c[c-]c(-c2ccccn2)cc1.[Ir+3].[c-]1ccccc1-c1ccccn1. The normalized spacial score (nSPS) is 11.2. The van der Waals surface area contributed by atoms with Gasteiger partial charge in [0.1, 0.15) is 5.58 Å². The van der Waals surface area contributed by atoms with Gasteiger partial charge in [-0.25, -0.2) is 0 Å². The zero-order chi connectivity index (χ0) is 49.8. The average molecular weight is 1140 g/mol. The summed E-state index contributed by atoms with van der Waals surface area (Å²) < 4.78 is 21.8. The Hall–Kier alpha value is -8.35. The van der Waals surface area contributed by atoms with Crippen molar-refractivity contribution in [2.45, 2.75) is 39.5 Å². The van der Waals surface area contributed by atoms with Crippen LogP contribution in [-0.2, 0) is 20.1 Å². The number of furan rings is 1. The van der Waals surface area contributed by atoms with Crippen LogP contribution >= 0.6 is 0 Å². The second-order valence-electron chi connectivity index (χ2n) is 18.6. The summed E-state index contributed by atoms with van der Waals surface area (Å²) in [6.07, 6.45) is 3.49. The van der Waals surface area contributed by atoms with Crippen molar-refractivity contribution in [2.75, 3.05) is 0 Å². The third kappa shape index (κ3) is 9.93. The molecule has 0 radical (unpaired) electrons. The Bertz CT molecular complexity index is 3960. The van der Waals surface area contributed by atoms with Crippen LogP contribution in [0.2, 0.25) is 0 Å². The molecule has 7 heteroatoms. The van der Waals surface area contributed by atoms with Crippen LogP contribution in [0.3, 0.4) is 0 Å². The maximum atomic E-state index is 12.6. The number of para-hydroxylation sites is 2. The predicted molar refractivity (Wildman–Crippen MR) is 298 cm³/mol. The minimum absolute atomic E-state index is 0. The molecule has 0 aliphatic heterocycles. The molecular weight excluding hydrogens is 1090 g/mol. The Morgan fingerprint density at radius 2 is 1.18 bits per heavy atom. The summed E-state index contributed by atoms with van der Waals surface area (Å²) in [5.74, 6) is 1.12. The molecule has 0 saturated carbocycles. The quantitative estimate of drug-likeness (QED) is 0.118. The van der Waals surface area contributed by atoms with Gasteiger partial charge in [-0.2, -0.15) is 0 Å². The number of halogens is 1. The molecule has 0 saturated heterocycles. The molecule has 0 bridgehead atoms. The number of hydrogen-bond donors (Lipinski definition) is 0. The fraction of sp³-hybridized carbons (Fsp3) is 0.0896. The molecule has 0 aliphatic carbocycles. The molecule has 13 aromatic rings.